The molecule has 1 saturated heterocycles. The van der Waals surface area contributed by atoms with Crippen molar-refractivity contribution in [2.45, 2.75) is 37.4 Å². The van der Waals surface area contributed by atoms with E-state index >= 15 is 0 Å². The summed E-state index contributed by atoms with van der Waals surface area (Å²) in [5, 5.41) is 7.69. The standard InChI is InChI=1S/C22H27ClN6O6S2/c1-13(20-24-10-16(23)11-25-20)14(2)37(32,33)28-22-27-26-21(15-8-9-36(30,31)12-15)29(22)19-17(34-3)6-5-7-18(19)35-4/h5-7,10-11,13-15H,8-9,12H2,1-4H3,(H,27,28)/t13-,14-,15-/m0/s1. The molecule has 1 aliphatic heterocycles. The van der Waals surface area contributed by atoms with Gasteiger partial charge in [0.1, 0.15) is 28.8 Å². The molecule has 4 rings (SSSR count). The molecule has 1 fully saturated rings. The number of para-hydroxylation sites is 1. The number of nitrogens with one attached hydrogen (secondary N) is 1. The Morgan fingerprint density at radius 3 is 2.27 bits per heavy atom. The number of hydrogen-bond acceptors (Lipinski definition) is 10. The molecule has 0 saturated carbocycles. The van der Waals surface area contributed by atoms with Crippen LogP contribution in [0.25, 0.3) is 5.69 Å². The number of sulfone groups is 1. The van der Waals surface area contributed by atoms with E-state index in [2.05, 4.69) is 24.9 Å². The Hall–Kier alpha value is -2.97. The van der Waals surface area contributed by atoms with Crippen LogP contribution in [0, 0.1) is 0 Å². The van der Waals surface area contributed by atoms with E-state index < -0.39 is 36.9 Å². The third kappa shape index (κ3) is 5.50. The van der Waals surface area contributed by atoms with Crippen LogP contribution in [0.3, 0.4) is 0 Å². The first-order valence-corrected chi connectivity index (χ1v) is 15.1. The van der Waals surface area contributed by atoms with Gasteiger partial charge in [-0.05, 0) is 25.5 Å². The van der Waals surface area contributed by atoms with E-state index in [-0.39, 0.29) is 23.3 Å². The van der Waals surface area contributed by atoms with Crippen LogP contribution < -0.4 is 14.2 Å². The lowest BCUT2D eigenvalue weighted by molar-refractivity contribution is 0.390. The minimum Gasteiger partial charge on any atom is -0.494 e. The van der Waals surface area contributed by atoms with E-state index in [0.717, 1.165) is 0 Å². The van der Waals surface area contributed by atoms with Crippen molar-refractivity contribution >= 4 is 37.4 Å². The lowest BCUT2D eigenvalue weighted by Crippen LogP contribution is -2.31. The van der Waals surface area contributed by atoms with Crippen molar-refractivity contribution in [1.29, 1.82) is 0 Å². The van der Waals surface area contributed by atoms with E-state index in [1.165, 1.54) is 38.1 Å². The highest BCUT2D eigenvalue weighted by molar-refractivity contribution is 7.93. The number of ether oxygens (including phenoxy) is 2. The highest BCUT2D eigenvalue weighted by Gasteiger charge is 2.37. The molecule has 12 nitrogen and oxygen atoms in total. The van der Waals surface area contributed by atoms with Crippen LogP contribution in [0.2, 0.25) is 5.02 Å². The van der Waals surface area contributed by atoms with Gasteiger partial charge in [0.05, 0.1) is 36.0 Å². The third-order valence-electron chi connectivity index (χ3n) is 6.39. The van der Waals surface area contributed by atoms with Crippen molar-refractivity contribution in [1.82, 2.24) is 24.7 Å². The van der Waals surface area contributed by atoms with Crippen molar-refractivity contribution in [3.8, 4) is 17.2 Å². The fourth-order valence-electron chi connectivity index (χ4n) is 4.15. The van der Waals surface area contributed by atoms with Crippen LogP contribution in [0.15, 0.2) is 30.6 Å². The maximum absolute atomic E-state index is 13.5. The summed E-state index contributed by atoms with van der Waals surface area (Å²) in [6.07, 6.45) is 3.13. The summed E-state index contributed by atoms with van der Waals surface area (Å²) in [5.74, 6) is -0.0274. The van der Waals surface area contributed by atoms with Gasteiger partial charge < -0.3 is 9.47 Å². The molecule has 3 heterocycles. The maximum atomic E-state index is 13.5. The topological polar surface area (TPSA) is 155 Å². The van der Waals surface area contributed by atoms with Gasteiger partial charge in [0.25, 0.3) is 0 Å². The molecule has 15 heteroatoms. The van der Waals surface area contributed by atoms with Crippen molar-refractivity contribution < 1.29 is 26.3 Å². The van der Waals surface area contributed by atoms with Gasteiger partial charge in [0.2, 0.25) is 16.0 Å². The molecule has 1 aromatic carbocycles. The summed E-state index contributed by atoms with van der Waals surface area (Å²) in [6.45, 7) is 3.22. The molecule has 200 valence electrons. The van der Waals surface area contributed by atoms with Crippen LogP contribution in [-0.4, -0.2) is 72.5 Å². The quantitative estimate of drug-likeness (QED) is 0.405. The van der Waals surface area contributed by atoms with E-state index in [9.17, 15) is 16.8 Å². The molecule has 37 heavy (non-hydrogen) atoms. The Kier molecular flexibility index (Phi) is 7.62. The van der Waals surface area contributed by atoms with Gasteiger partial charge in [-0.25, -0.2) is 26.8 Å². The minimum absolute atomic E-state index is 0.00425. The van der Waals surface area contributed by atoms with Gasteiger partial charge in [-0.2, -0.15) is 0 Å². The molecule has 2 aromatic heterocycles. The van der Waals surface area contributed by atoms with Crippen LogP contribution in [-0.2, 0) is 19.9 Å². The number of sulfonamides is 1. The molecular formula is C22H27ClN6O6S2. The van der Waals surface area contributed by atoms with Gasteiger partial charge in [0, 0.05) is 24.2 Å². The SMILES string of the molecule is COc1cccc(OC)c1-n1c(NS(=O)(=O)[C@@H](C)[C@H](C)c2ncc(Cl)cn2)nnc1[C@H]1CCS(=O)(=O)C1. The second-order valence-corrected chi connectivity index (χ2v) is 13.4. The summed E-state index contributed by atoms with van der Waals surface area (Å²) in [6, 6.07) is 5.06. The molecule has 0 spiro atoms. The summed E-state index contributed by atoms with van der Waals surface area (Å²) >= 11 is 5.86. The average molecular weight is 571 g/mol. The minimum atomic E-state index is -4.06. The second-order valence-electron chi connectivity index (χ2n) is 8.73. The zero-order valence-corrected chi connectivity index (χ0v) is 23.0. The molecule has 0 radical (unpaired) electrons. The number of rotatable bonds is 9. The Labute approximate surface area is 220 Å². The number of methoxy groups -OCH3 is 2. The Morgan fingerprint density at radius 2 is 1.73 bits per heavy atom. The number of aromatic nitrogens is 5. The summed E-state index contributed by atoms with van der Waals surface area (Å²) in [4.78, 5) is 8.28. The predicted molar refractivity (Wildman–Crippen MR) is 138 cm³/mol. The zero-order chi connectivity index (χ0) is 27.0. The number of halogens is 1. The molecule has 3 atom stereocenters. The first-order chi connectivity index (χ1) is 17.5. The molecule has 1 aliphatic rings. The average Bonchev–Trinajstić information content (AvgIpc) is 3.44. The van der Waals surface area contributed by atoms with Crippen LogP contribution in [0.4, 0.5) is 5.95 Å². The van der Waals surface area contributed by atoms with Crippen LogP contribution in [0.1, 0.15) is 43.8 Å². The molecule has 1 N–H and O–H groups in total. The first-order valence-electron chi connectivity index (χ1n) is 11.3. The summed E-state index contributed by atoms with van der Waals surface area (Å²) < 4.78 is 66.4. The van der Waals surface area contributed by atoms with E-state index in [0.29, 0.717) is 34.5 Å². The highest BCUT2D eigenvalue weighted by Crippen LogP contribution is 2.39. The Bertz CT molecular complexity index is 1470. The summed E-state index contributed by atoms with van der Waals surface area (Å²) in [5.41, 5.74) is 0.344. The molecule has 0 aliphatic carbocycles. The van der Waals surface area contributed by atoms with Gasteiger partial charge in [-0.15, -0.1) is 10.2 Å². The Balaban J connectivity index is 1.79. The maximum Gasteiger partial charge on any atom is 0.243 e. The van der Waals surface area contributed by atoms with Crippen LogP contribution >= 0.6 is 11.6 Å². The largest absolute Gasteiger partial charge is 0.494 e. The van der Waals surface area contributed by atoms with E-state index in [4.69, 9.17) is 21.1 Å². The fourth-order valence-corrected chi connectivity index (χ4v) is 7.22. The lowest BCUT2D eigenvalue weighted by Gasteiger charge is -2.22. The van der Waals surface area contributed by atoms with Crippen molar-refractivity contribution in [3.63, 3.8) is 0 Å². The Morgan fingerprint density at radius 1 is 1.11 bits per heavy atom. The smallest absolute Gasteiger partial charge is 0.243 e. The van der Waals surface area contributed by atoms with Crippen molar-refractivity contribution in [3.05, 3.63) is 47.3 Å². The molecular weight excluding hydrogens is 544 g/mol. The van der Waals surface area contributed by atoms with Gasteiger partial charge in [-0.3, -0.25) is 9.29 Å². The third-order valence-corrected chi connectivity index (χ3v) is 10.2. The van der Waals surface area contributed by atoms with Crippen molar-refractivity contribution in [2.24, 2.45) is 0 Å². The van der Waals surface area contributed by atoms with Crippen molar-refractivity contribution in [2.75, 3.05) is 30.4 Å². The number of benzene rings is 1. The van der Waals surface area contributed by atoms with Gasteiger partial charge in [-0.1, -0.05) is 24.6 Å². The monoisotopic (exact) mass is 570 g/mol. The number of anilines is 1. The normalized spacial score (nSPS) is 18.8. The fraction of sp³-hybridized carbons (Fsp3) is 0.455. The summed E-state index contributed by atoms with van der Waals surface area (Å²) in [7, 11) is -4.40. The zero-order valence-electron chi connectivity index (χ0n) is 20.6. The highest BCUT2D eigenvalue weighted by atomic mass is 35.5. The van der Waals surface area contributed by atoms with Gasteiger partial charge >= 0.3 is 0 Å². The van der Waals surface area contributed by atoms with E-state index in [1.807, 2.05) is 0 Å². The van der Waals surface area contributed by atoms with E-state index in [1.54, 1.807) is 25.1 Å². The van der Waals surface area contributed by atoms with Gasteiger partial charge in [0.15, 0.2) is 9.84 Å². The molecule has 0 bridgehead atoms. The van der Waals surface area contributed by atoms with Crippen LogP contribution in [0.5, 0.6) is 11.5 Å². The first kappa shape index (κ1) is 27.1. The predicted octanol–water partition coefficient (Wildman–Crippen LogP) is 2.56. The molecule has 0 amide bonds. The lowest BCUT2D eigenvalue weighted by atomic mass is 10.1. The molecule has 0 unspecified atom stereocenters. The number of nitrogens with zero attached hydrogens (tertiary/aromatic N) is 5. The molecule has 3 aromatic rings. The second kappa shape index (κ2) is 10.4. The number of hydrogen-bond donors (Lipinski definition) is 1.